The number of fused-ring (bicyclic) bond motifs is 7. The van der Waals surface area contributed by atoms with Crippen molar-refractivity contribution in [2.45, 2.75) is 75.8 Å². The summed E-state index contributed by atoms with van der Waals surface area (Å²) in [6.45, 7) is 4.89. The van der Waals surface area contributed by atoms with Crippen LogP contribution in [-0.2, 0) is 26.3 Å². The summed E-state index contributed by atoms with van der Waals surface area (Å²) < 4.78 is 43.3. The molecule has 12 heteroatoms. The lowest BCUT2D eigenvalue weighted by molar-refractivity contribution is -0.139. The van der Waals surface area contributed by atoms with Gasteiger partial charge in [-0.3, -0.25) is 14.5 Å². The number of aromatic nitrogens is 1. The maximum atomic E-state index is 14.8. The molecule has 1 aromatic heterocycles. The first-order valence-electron chi connectivity index (χ1n) is 18.6. The first-order valence-corrected chi connectivity index (χ1v) is 20.0. The van der Waals surface area contributed by atoms with E-state index in [4.69, 9.17) is 9.47 Å². The number of morpholine rings is 1. The van der Waals surface area contributed by atoms with E-state index >= 15 is 0 Å². The molecule has 0 spiro atoms. The first kappa shape index (κ1) is 32.5. The SMILES string of the molecule is COc1ccc2c(c1)C1CC1(C(=O)N1CCN(C3CC3)CC1)Cn1c-2c(C2CCCCC2)c2ccc(C(=O)NS(=O)(=O)N3CCOCC3)cc21. The molecule has 4 heterocycles. The van der Waals surface area contributed by atoms with Crippen molar-refractivity contribution in [1.82, 2.24) is 23.4 Å². The summed E-state index contributed by atoms with van der Waals surface area (Å²) in [4.78, 5) is 33.1. The highest BCUT2D eigenvalue weighted by atomic mass is 32.2. The van der Waals surface area contributed by atoms with Crippen molar-refractivity contribution < 1.29 is 27.5 Å². The molecule has 2 saturated heterocycles. The number of amides is 2. The van der Waals surface area contributed by atoms with Crippen LogP contribution in [0.2, 0.25) is 0 Å². The van der Waals surface area contributed by atoms with Gasteiger partial charge in [0, 0.05) is 79.8 Å². The van der Waals surface area contributed by atoms with Gasteiger partial charge in [0.05, 0.1) is 31.4 Å². The molecule has 266 valence electrons. The van der Waals surface area contributed by atoms with Crippen molar-refractivity contribution in [1.29, 1.82) is 0 Å². The molecule has 2 aromatic carbocycles. The Morgan fingerprint density at radius 3 is 2.40 bits per heavy atom. The molecular weight excluding hydrogens is 655 g/mol. The molecule has 0 radical (unpaired) electrons. The second kappa shape index (κ2) is 12.4. The molecule has 50 heavy (non-hydrogen) atoms. The topological polar surface area (TPSA) is 113 Å². The van der Waals surface area contributed by atoms with Gasteiger partial charge in [-0.05, 0) is 79.5 Å². The predicted octanol–water partition coefficient (Wildman–Crippen LogP) is 4.47. The Kier molecular flexibility index (Phi) is 8.02. The fourth-order valence-corrected chi connectivity index (χ4v) is 10.6. The normalized spacial score (nSPS) is 26.1. The quantitative estimate of drug-likeness (QED) is 0.387. The van der Waals surface area contributed by atoms with Crippen LogP contribution in [0.4, 0.5) is 0 Å². The van der Waals surface area contributed by atoms with Gasteiger partial charge in [0.1, 0.15) is 5.75 Å². The summed E-state index contributed by atoms with van der Waals surface area (Å²) in [6.07, 6.45) is 9.06. The molecule has 5 fully saturated rings. The van der Waals surface area contributed by atoms with Crippen molar-refractivity contribution in [3.63, 3.8) is 0 Å². The number of piperazine rings is 1. The molecule has 2 unspecified atom stereocenters. The third kappa shape index (κ3) is 5.45. The van der Waals surface area contributed by atoms with Crippen molar-refractivity contribution >= 4 is 32.9 Å². The van der Waals surface area contributed by atoms with E-state index in [0.717, 1.165) is 73.4 Å². The molecule has 1 N–H and O–H groups in total. The van der Waals surface area contributed by atoms with Crippen molar-refractivity contribution in [2.24, 2.45) is 5.41 Å². The van der Waals surface area contributed by atoms with Crippen molar-refractivity contribution in [2.75, 3.05) is 59.6 Å². The fourth-order valence-electron chi connectivity index (χ4n) is 9.49. The fraction of sp³-hybridized carbons (Fsp3) is 0.579. The number of ether oxygens (including phenoxy) is 2. The van der Waals surface area contributed by atoms with Crippen molar-refractivity contribution in [3.05, 3.63) is 53.1 Å². The van der Waals surface area contributed by atoms with Crippen LogP contribution in [0, 0.1) is 5.41 Å². The number of benzene rings is 2. The van der Waals surface area contributed by atoms with E-state index in [0.29, 0.717) is 31.7 Å². The smallest absolute Gasteiger partial charge is 0.304 e. The maximum absolute atomic E-state index is 14.8. The minimum atomic E-state index is -4.03. The Labute approximate surface area is 294 Å². The second-order valence-electron chi connectivity index (χ2n) is 15.3. The number of methoxy groups -OCH3 is 1. The zero-order valence-corrected chi connectivity index (χ0v) is 29.7. The molecular formula is C38H47N5O6S. The third-order valence-corrected chi connectivity index (χ3v) is 13.9. The van der Waals surface area contributed by atoms with E-state index in [-0.39, 0.29) is 30.5 Å². The molecule has 3 aliphatic carbocycles. The van der Waals surface area contributed by atoms with Gasteiger partial charge in [0.15, 0.2) is 0 Å². The number of rotatable bonds is 7. The number of hydrogen-bond donors (Lipinski definition) is 1. The molecule has 3 aromatic rings. The Balaban J connectivity index is 1.15. The highest BCUT2D eigenvalue weighted by Crippen LogP contribution is 2.66. The van der Waals surface area contributed by atoms with Gasteiger partial charge in [-0.25, -0.2) is 4.72 Å². The highest BCUT2D eigenvalue weighted by Gasteiger charge is 2.64. The summed E-state index contributed by atoms with van der Waals surface area (Å²) in [5, 5.41) is 1.08. The van der Waals surface area contributed by atoms with E-state index < -0.39 is 21.5 Å². The molecule has 0 bridgehead atoms. The number of hydrogen-bond acceptors (Lipinski definition) is 7. The maximum Gasteiger partial charge on any atom is 0.304 e. The Hall–Kier alpha value is -3.45. The Bertz CT molecular complexity index is 1950. The van der Waals surface area contributed by atoms with Gasteiger partial charge in [-0.15, -0.1) is 0 Å². The second-order valence-corrected chi connectivity index (χ2v) is 17.0. The molecule has 9 rings (SSSR count). The zero-order chi connectivity index (χ0) is 34.2. The van der Waals surface area contributed by atoms with Crippen LogP contribution in [0.5, 0.6) is 5.75 Å². The van der Waals surface area contributed by atoms with Crippen LogP contribution in [0.1, 0.15) is 84.7 Å². The molecule has 3 aliphatic heterocycles. The standard InChI is InChI=1S/C38H47N5O6S/c1-48-28-10-12-29-31(22-28)32-23-38(32,37(45)41-15-13-40(14-16-41)27-8-9-27)24-43-33-21-26(36(44)39-50(46,47)42-17-19-49-20-18-42)7-11-30(33)34(35(29)43)25-5-3-2-4-6-25/h7,10-12,21-22,25,27,32H,2-6,8-9,13-20,23-24H2,1H3,(H,39,44). The van der Waals surface area contributed by atoms with Crippen molar-refractivity contribution in [3.8, 4) is 17.0 Å². The summed E-state index contributed by atoms with van der Waals surface area (Å²) in [5.74, 6) is 0.789. The lowest BCUT2D eigenvalue weighted by Gasteiger charge is -2.37. The van der Waals surface area contributed by atoms with Crippen LogP contribution in [0.3, 0.4) is 0 Å². The van der Waals surface area contributed by atoms with Crippen LogP contribution < -0.4 is 9.46 Å². The van der Waals surface area contributed by atoms with Crippen LogP contribution in [-0.4, -0.2) is 105 Å². The minimum Gasteiger partial charge on any atom is -0.497 e. The number of nitrogens with zero attached hydrogens (tertiary/aromatic N) is 4. The van der Waals surface area contributed by atoms with Gasteiger partial charge >= 0.3 is 10.2 Å². The number of carbonyl (C=O) groups is 2. The van der Waals surface area contributed by atoms with E-state index in [1.807, 2.05) is 18.2 Å². The number of nitrogens with one attached hydrogen (secondary N) is 1. The Morgan fingerprint density at radius 1 is 0.920 bits per heavy atom. The monoisotopic (exact) mass is 701 g/mol. The average molecular weight is 702 g/mol. The summed E-state index contributed by atoms with van der Waals surface area (Å²) >= 11 is 0. The van der Waals surface area contributed by atoms with Gasteiger partial charge in [0.25, 0.3) is 5.91 Å². The molecule has 2 amide bonds. The van der Waals surface area contributed by atoms with Gasteiger partial charge in [-0.2, -0.15) is 12.7 Å². The molecule has 6 aliphatic rings. The van der Waals surface area contributed by atoms with Crippen LogP contribution in [0.15, 0.2) is 36.4 Å². The lowest BCUT2D eigenvalue weighted by atomic mass is 9.81. The van der Waals surface area contributed by atoms with E-state index in [2.05, 4.69) is 31.2 Å². The third-order valence-electron chi connectivity index (χ3n) is 12.4. The van der Waals surface area contributed by atoms with Crippen LogP contribution >= 0.6 is 0 Å². The largest absolute Gasteiger partial charge is 0.497 e. The average Bonchev–Trinajstić information content (AvgIpc) is 4.08. The molecule has 2 atom stereocenters. The molecule has 11 nitrogen and oxygen atoms in total. The van der Waals surface area contributed by atoms with E-state index in [1.54, 1.807) is 13.2 Å². The van der Waals surface area contributed by atoms with Crippen LogP contribution in [0.25, 0.3) is 22.2 Å². The predicted molar refractivity (Wildman–Crippen MR) is 189 cm³/mol. The highest BCUT2D eigenvalue weighted by molar-refractivity contribution is 7.87. The van der Waals surface area contributed by atoms with Gasteiger partial charge < -0.3 is 18.9 Å². The van der Waals surface area contributed by atoms with Gasteiger partial charge in [-0.1, -0.05) is 25.3 Å². The van der Waals surface area contributed by atoms with E-state index in [1.165, 1.54) is 47.5 Å². The first-order chi connectivity index (χ1) is 24.3. The van der Waals surface area contributed by atoms with Gasteiger partial charge in [0.2, 0.25) is 5.91 Å². The summed E-state index contributed by atoms with van der Waals surface area (Å²) in [6, 6.07) is 12.7. The minimum absolute atomic E-state index is 0.0702. The molecule has 3 saturated carbocycles. The lowest BCUT2D eigenvalue weighted by Crippen LogP contribution is -2.52. The summed E-state index contributed by atoms with van der Waals surface area (Å²) in [5.41, 5.74) is 5.32. The Morgan fingerprint density at radius 2 is 1.68 bits per heavy atom. The number of carbonyl (C=O) groups excluding carboxylic acids is 2. The zero-order valence-electron chi connectivity index (χ0n) is 28.9. The summed E-state index contributed by atoms with van der Waals surface area (Å²) in [7, 11) is -2.33. The van der Waals surface area contributed by atoms with E-state index in [9.17, 15) is 18.0 Å².